The Hall–Kier alpha value is -8.20. The molecule has 0 radical (unpaired) electrons. The van der Waals surface area contributed by atoms with Crippen molar-refractivity contribution in [1.82, 2.24) is 0 Å². The van der Waals surface area contributed by atoms with Crippen LogP contribution >= 0.6 is 0 Å². The van der Waals surface area contributed by atoms with Crippen LogP contribution in [0.3, 0.4) is 0 Å². The summed E-state index contributed by atoms with van der Waals surface area (Å²) < 4.78 is 42.3. The topological polar surface area (TPSA) is 6.48 Å². The van der Waals surface area contributed by atoms with E-state index in [9.17, 15) is 0 Å². The Kier molecular flexibility index (Phi) is 7.56. The highest BCUT2D eigenvalue weighted by Crippen LogP contribution is 2.64. The number of rotatable bonds is 8. The van der Waals surface area contributed by atoms with Gasteiger partial charge in [0.15, 0.2) is 0 Å². The third kappa shape index (κ3) is 5.95. The lowest BCUT2D eigenvalue weighted by Gasteiger charge is -2.33. The summed E-state index contributed by atoms with van der Waals surface area (Å²) in [7, 11) is 0. The first-order valence-corrected chi connectivity index (χ1v) is 21.3. The number of para-hydroxylation sites is 2. The smallest absolute Gasteiger partial charge is 0.0727 e. The van der Waals surface area contributed by atoms with Crippen LogP contribution in [0.1, 0.15) is 29.1 Å². The van der Waals surface area contributed by atoms with E-state index >= 15 is 0 Å². The van der Waals surface area contributed by atoms with Crippen LogP contribution in [-0.4, -0.2) is 0 Å². The summed E-state index contributed by atoms with van der Waals surface area (Å²) in [6.07, 6.45) is 0. The second kappa shape index (κ2) is 15.1. The van der Waals surface area contributed by atoms with Crippen molar-refractivity contribution in [3.05, 3.63) is 277 Å². The van der Waals surface area contributed by atoms with Crippen LogP contribution in [0.5, 0.6) is 0 Å². The molecule has 2 aliphatic carbocycles. The molecule has 0 fully saturated rings. The maximum absolute atomic E-state index is 8.72. The number of hydrogen-bond donors (Lipinski definition) is 0. The van der Waals surface area contributed by atoms with Gasteiger partial charge in [0.2, 0.25) is 0 Å². The van der Waals surface area contributed by atoms with Gasteiger partial charge in [0.1, 0.15) is 0 Å². The fraction of sp³-hybridized carbons (Fsp3) is 0.0164. The lowest BCUT2D eigenvalue weighted by atomic mass is 9.70. The van der Waals surface area contributed by atoms with E-state index in [-0.39, 0.29) is 29.7 Å². The van der Waals surface area contributed by atoms with E-state index in [1.54, 1.807) is 0 Å². The average Bonchev–Trinajstić information content (AvgIpc) is 3.86. The maximum atomic E-state index is 8.72. The van der Waals surface area contributed by atoms with E-state index in [1.165, 1.54) is 44.5 Å². The van der Waals surface area contributed by atoms with Crippen LogP contribution in [0.25, 0.3) is 44.5 Å². The summed E-state index contributed by atoms with van der Waals surface area (Å²) in [5.41, 5.74) is 17.9. The van der Waals surface area contributed by atoms with E-state index in [0.29, 0.717) is 5.56 Å². The zero-order valence-electron chi connectivity index (χ0n) is 39.3. The molecule has 0 aliphatic heterocycles. The van der Waals surface area contributed by atoms with E-state index in [1.807, 2.05) is 42.5 Å². The van der Waals surface area contributed by atoms with E-state index in [2.05, 4.69) is 192 Å². The second-order valence-corrected chi connectivity index (χ2v) is 16.1. The highest BCUT2D eigenvalue weighted by atomic mass is 15.1. The largest absolute Gasteiger partial charge is 0.310 e. The molecule has 63 heavy (non-hydrogen) atoms. The Morgan fingerprint density at radius 3 is 1.10 bits per heavy atom. The molecule has 0 saturated carbocycles. The summed E-state index contributed by atoms with van der Waals surface area (Å²) in [6.45, 7) is 0. The van der Waals surface area contributed by atoms with Gasteiger partial charge in [-0.1, -0.05) is 182 Å². The first-order chi connectivity index (χ1) is 33.3. The minimum atomic E-state index is -0.656. The normalized spacial score (nSPS) is 15.2. The first kappa shape index (κ1) is 31.6. The van der Waals surface area contributed by atoms with Gasteiger partial charge < -0.3 is 9.80 Å². The van der Waals surface area contributed by atoms with Gasteiger partial charge >= 0.3 is 0 Å². The highest BCUT2D eigenvalue weighted by molar-refractivity contribution is 5.97. The molecular formula is C61H42N2. The van der Waals surface area contributed by atoms with Gasteiger partial charge in [-0.3, -0.25) is 0 Å². The zero-order valence-corrected chi connectivity index (χ0v) is 34.3. The molecule has 0 heterocycles. The van der Waals surface area contributed by atoms with Gasteiger partial charge in [0, 0.05) is 34.1 Å². The molecule has 2 nitrogen and oxygen atoms in total. The lowest BCUT2D eigenvalue weighted by molar-refractivity contribution is 0.793. The monoisotopic (exact) mass is 807 g/mol. The molecule has 2 aliphatic rings. The molecule has 12 rings (SSSR count). The fourth-order valence-electron chi connectivity index (χ4n) is 10.0. The molecule has 0 amide bonds. The number of hydrogen-bond acceptors (Lipinski definition) is 2. The maximum Gasteiger partial charge on any atom is 0.0727 e. The molecule has 1 unspecified atom stereocenters. The van der Waals surface area contributed by atoms with Gasteiger partial charge in [-0.15, -0.1) is 0 Å². The summed E-state index contributed by atoms with van der Waals surface area (Å²) >= 11 is 0. The Morgan fingerprint density at radius 1 is 0.270 bits per heavy atom. The van der Waals surface area contributed by atoms with Crippen LogP contribution in [0, 0.1) is 0 Å². The van der Waals surface area contributed by atoms with Gasteiger partial charge in [-0.25, -0.2) is 0 Å². The molecule has 10 aromatic rings. The standard InChI is InChI=1S/C61H42N2/c1-5-17-43(18-6-1)45-29-33-49(34-30-45)63(50-35-31-46(32-36-50)44-19-7-2-8-20-44)52-38-40-56-54-26-14-16-28-58(54)61(60(56)42-52)57-27-15-13-25-53(57)55-39-37-51(41-59(55)61)62(47-21-9-3-10-22-47)48-23-11-4-12-24-48/h1-42H/i1D,5D,6D,17D,18D. The Bertz CT molecular complexity index is 3480. The summed E-state index contributed by atoms with van der Waals surface area (Å²) in [5, 5.41) is 0. The third-order valence-electron chi connectivity index (χ3n) is 12.7. The van der Waals surface area contributed by atoms with E-state index < -0.39 is 11.5 Å². The first-order valence-electron chi connectivity index (χ1n) is 23.8. The molecule has 0 saturated heterocycles. The lowest BCUT2D eigenvalue weighted by Crippen LogP contribution is -2.26. The van der Waals surface area contributed by atoms with E-state index in [4.69, 9.17) is 6.85 Å². The van der Waals surface area contributed by atoms with Gasteiger partial charge in [-0.05, 0) is 140 Å². The van der Waals surface area contributed by atoms with Crippen molar-refractivity contribution in [3.63, 3.8) is 0 Å². The molecule has 2 heteroatoms. The Morgan fingerprint density at radius 2 is 0.619 bits per heavy atom. The van der Waals surface area contributed by atoms with Crippen molar-refractivity contribution < 1.29 is 6.85 Å². The summed E-state index contributed by atoms with van der Waals surface area (Å²) in [4.78, 5) is 4.59. The molecule has 0 N–H and O–H groups in total. The fourth-order valence-corrected chi connectivity index (χ4v) is 10.0. The van der Waals surface area contributed by atoms with Crippen LogP contribution in [0.4, 0.5) is 34.1 Å². The van der Waals surface area contributed by atoms with Gasteiger partial charge in [-0.2, -0.15) is 0 Å². The van der Waals surface area contributed by atoms with Crippen LogP contribution in [0.2, 0.25) is 0 Å². The quantitative estimate of drug-likeness (QED) is 0.151. The van der Waals surface area contributed by atoms with Crippen molar-refractivity contribution in [2.24, 2.45) is 0 Å². The molecule has 1 atom stereocenters. The number of benzene rings is 10. The van der Waals surface area contributed by atoms with Crippen molar-refractivity contribution in [3.8, 4) is 44.5 Å². The predicted octanol–water partition coefficient (Wildman–Crippen LogP) is 16.3. The minimum absolute atomic E-state index is 0.176. The predicted molar refractivity (Wildman–Crippen MR) is 263 cm³/mol. The summed E-state index contributed by atoms with van der Waals surface area (Å²) in [6, 6.07) is 77.7. The van der Waals surface area contributed by atoms with Crippen molar-refractivity contribution >= 4 is 34.1 Å². The SMILES string of the molecule is [2H]c1c([2H])c([2H])c(-c2ccc(N(c3ccc(-c4ccccc4)cc3)c3ccc4c(c3)C3(c5ccccc5-c5ccc(N(c6ccccc6)c6ccccc6)cc53)c3ccccc3-4)cc2)c([2H])c1[2H]. The number of nitrogens with zero attached hydrogens (tertiary/aromatic N) is 2. The molecular weight excluding hydrogens is 761 g/mol. The summed E-state index contributed by atoms with van der Waals surface area (Å²) in [5.74, 6) is 0. The van der Waals surface area contributed by atoms with Crippen molar-refractivity contribution in [2.75, 3.05) is 9.80 Å². The highest BCUT2D eigenvalue weighted by Gasteiger charge is 2.52. The average molecular weight is 808 g/mol. The number of fused-ring (bicyclic) bond motifs is 10. The van der Waals surface area contributed by atoms with Gasteiger partial charge in [0.25, 0.3) is 0 Å². The molecule has 0 bridgehead atoms. The number of anilines is 6. The zero-order chi connectivity index (χ0) is 46.1. The van der Waals surface area contributed by atoms with Crippen molar-refractivity contribution in [1.29, 1.82) is 0 Å². The molecule has 0 aromatic heterocycles. The Labute approximate surface area is 376 Å². The Balaban J connectivity index is 1.07. The molecule has 296 valence electrons. The van der Waals surface area contributed by atoms with Crippen LogP contribution in [-0.2, 0) is 5.41 Å². The second-order valence-electron chi connectivity index (χ2n) is 16.1. The van der Waals surface area contributed by atoms with Gasteiger partial charge in [0.05, 0.1) is 12.3 Å². The molecule has 10 aromatic carbocycles. The molecule has 1 spiro atoms. The third-order valence-corrected chi connectivity index (χ3v) is 12.7. The van der Waals surface area contributed by atoms with Crippen LogP contribution < -0.4 is 9.80 Å². The van der Waals surface area contributed by atoms with Crippen molar-refractivity contribution in [2.45, 2.75) is 5.41 Å². The van der Waals surface area contributed by atoms with E-state index in [0.717, 1.165) is 45.3 Å². The van der Waals surface area contributed by atoms with Crippen LogP contribution in [0.15, 0.2) is 255 Å². The minimum Gasteiger partial charge on any atom is -0.310 e.